The molecule has 0 N–H and O–H groups in total. The van der Waals surface area contributed by atoms with Crippen LogP contribution in [0.25, 0.3) is 0 Å². The van der Waals surface area contributed by atoms with E-state index in [1.165, 1.54) is 0 Å². The summed E-state index contributed by atoms with van der Waals surface area (Å²) in [5.74, 6) is -0.400. The number of esters is 1. The van der Waals surface area contributed by atoms with Crippen LogP contribution >= 0.6 is 11.6 Å². The molecule has 0 saturated heterocycles. The van der Waals surface area contributed by atoms with Gasteiger partial charge in [-0.1, -0.05) is 11.6 Å². The number of hydrogen-bond acceptors (Lipinski definition) is 3. The van der Waals surface area contributed by atoms with E-state index in [-0.39, 0.29) is 0 Å². The van der Waals surface area contributed by atoms with E-state index in [0.29, 0.717) is 23.9 Å². The highest BCUT2D eigenvalue weighted by atomic mass is 35.5. The number of aliphatic imine (C=N–C) groups is 1. The van der Waals surface area contributed by atoms with Gasteiger partial charge in [0.1, 0.15) is 10.9 Å². The normalized spacial score (nSPS) is 15.8. The number of allylic oxidation sites excluding steroid dienone is 1. The lowest BCUT2D eigenvalue weighted by Gasteiger charge is -1.97. The van der Waals surface area contributed by atoms with Crippen LogP contribution in [0.2, 0.25) is 0 Å². The highest BCUT2D eigenvalue weighted by Crippen LogP contribution is 2.13. The molecule has 0 bridgehead atoms. The van der Waals surface area contributed by atoms with Gasteiger partial charge in [-0.2, -0.15) is 0 Å². The van der Waals surface area contributed by atoms with E-state index >= 15 is 0 Å². The Morgan fingerprint density at radius 3 is 3.09 bits per heavy atom. The fourth-order valence-electron chi connectivity index (χ4n) is 0.737. The average molecular weight is 174 g/mol. The summed E-state index contributed by atoms with van der Waals surface area (Å²) >= 11 is 5.54. The van der Waals surface area contributed by atoms with Gasteiger partial charge < -0.3 is 4.74 Å². The Morgan fingerprint density at radius 2 is 2.64 bits per heavy atom. The molecule has 0 aliphatic carbocycles. The molecule has 4 heteroatoms. The summed E-state index contributed by atoms with van der Waals surface area (Å²) in [7, 11) is 0. The van der Waals surface area contributed by atoms with Crippen LogP contribution in [0.4, 0.5) is 0 Å². The van der Waals surface area contributed by atoms with Crippen molar-refractivity contribution in [3.05, 3.63) is 11.8 Å². The molecule has 0 amide bonds. The number of halogens is 1. The summed E-state index contributed by atoms with van der Waals surface area (Å²) in [6.07, 6.45) is 2.19. The molecule has 0 unspecified atom stereocenters. The van der Waals surface area contributed by atoms with Crippen LogP contribution in [0.5, 0.6) is 0 Å². The summed E-state index contributed by atoms with van der Waals surface area (Å²) in [5, 5.41) is 0.438. The van der Waals surface area contributed by atoms with Crippen molar-refractivity contribution in [3.8, 4) is 0 Å². The predicted molar refractivity (Wildman–Crippen MR) is 42.6 cm³/mol. The molecule has 11 heavy (non-hydrogen) atoms. The van der Waals surface area contributed by atoms with Crippen molar-refractivity contribution in [1.82, 2.24) is 0 Å². The summed E-state index contributed by atoms with van der Waals surface area (Å²) in [6, 6.07) is 0. The van der Waals surface area contributed by atoms with Gasteiger partial charge >= 0.3 is 5.97 Å². The Balaban J connectivity index is 2.56. The molecule has 0 aromatic rings. The molecule has 1 rings (SSSR count). The molecule has 60 valence electrons. The van der Waals surface area contributed by atoms with Gasteiger partial charge in [0.2, 0.25) is 0 Å². The minimum absolute atomic E-state index is 0.317. The van der Waals surface area contributed by atoms with E-state index in [0.717, 1.165) is 0 Å². The maximum atomic E-state index is 10.9. The van der Waals surface area contributed by atoms with E-state index in [4.69, 9.17) is 16.3 Å². The molecular weight excluding hydrogens is 166 g/mol. The smallest absolute Gasteiger partial charge is 0.356 e. The zero-order valence-corrected chi connectivity index (χ0v) is 6.89. The van der Waals surface area contributed by atoms with E-state index in [1.54, 1.807) is 13.0 Å². The second-order valence-corrected chi connectivity index (χ2v) is 2.44. The predicted octanol–water partition coefficient (Wildman–Crippen LogP) is 1.47. The largest absolute Gasteiger partial charge is 0.461 e. The molecule has 0 spiro atoms. The van der Waals surface area contributed by atoms with Crippen molar-refractivity contribution in [2.45, 2.75) is 13.3 Å². The number of ether oxygens (including phenoxy) is 1. The van der Waals surface area contributed by atoms with Crippen molar-refractivity contribution >= 4 is 22.7 Å². The van der Waals surface area contributed by atoms with Gasteiger partial charge in [-0.3, -0.25) is 0 Å². The molecule has 0 atom stereocenters. The Bertz CT molecular complexity index is 233. The summed E-state index contributed by atoms with van der Waals surface area (Å²) in [5.41, 5.74) is 0.317. The van der Waals surface area contributed by atoms with E-state index in [1.807, 2.05) is 0 Å². The van der Waals surface area contributed by atoms with Crippen LogP contribution in [0.3, 0.4) is 0 Å². The minimum Gasteiger partial charge on any atom is -0.461 e. The number of hydrogen-bond donors (Lipinski definition) is 0. The molecule has 3 nitrogen and oxygen atoms in total. The van der Waals surface area contributed by atoms with E-state index < -0.39 is 5.97 Å². The Labute approximate surface area is 69.7 Å². The van der Waals surface area contributed by atoms with Crippen LogP contribution in [0.15, 0.2) is 16.8 Å². The standard InChI is InChI=1S/C7H8ClNO2/c1-2-11-7(10)5-3-4-6(8)9-5/h3H,2,4H2,1H3. The number of carbonyl (C=O) groups is 1. The third-order valence-electron chi connectivity index (χ3n) is 1.19. The lowest BCUT2D eigenvalue weighted by molar-refractivity contribution is -0.138. The zero-order valence-electron chi connectivity index (χ0n) is 6.13. The lowest BCUT2D eigenvalue weighted by atomic mass is 10.4. The van der Waals surface area contributed by atoms with Crippen LogP contribution in [-0.2, 0) is 9.53 Å². The monoisotopic (exact) mass is 173 g/mol. The maximum absolute atomic E-state index is 10.9. The first-order chi connectivity index (χ1) is 5.24. The topological polar surface area (TPSA) is 38.7 Å². The van der Waals surface area contributed by atoms with Crippen LogP contribution in [0, 0.1) is 0 Å². The average Bonchev–Trinajstić information content (AvgIpc) is 2.36. The van der Waals surface area contributed by atoms with E-state index in [2.05, 4.69) is 4.99 Å². The van der Waals surface area contributed by atoms with Gasteiger partial charge in [0.25, 0.3) is 0 Å². The van der Waals surface area contributed by atoms with Crippen molar-refractivity contribution < 1.29 is 9.53 Å². The molecule has 0 aromatic carbocycles. The molecule has 0 fully saturated rings. The van der Waals surface area contributed by atoms with E-state index in [9.17, 15) is 4.79 Å². The molecule has 0 saturated carbocycles. The number of rotatable bonds is 2. The summed E-state index contributed by atoms with van der Waals surface area (Å²) < 4.78 is 4.70. The highest BCUT2D eigenvalue weighted by molar-refractivity contribution is 6.66. The summed E-state index contributed by atoms with van der Waals surface area (Å²) in [6.45, 7) is 2.11. The quantitative estimate of drug-likeness (QED) is 0.594. The van der Waals surface area contributed by atoms with Gasteiger partial charge in [-0.15, -0.1) is 0 Å². The summed E-state index contributed by atoms with van der Waals surface area (Å²) in [4.78, 5) is 14.7. The molecule has 1 heterocycles. The van der Waals surface area contributed by atoms with Crippen LogP contribution < -0.4 is 0 Å². The second kappa shape index (κ2) is 3.53. The van der Waals surface area contributed by atoms with Gasteiger partial charge in [0.05, 0.1) is 6.61 Å². The molecule has 0 radical (unpaired) electrons. The van der Waals surface area contributed by atoms with Crippen LogP contribution in [0.1, 0.15) is 13.3 Å². The van der Waals surface area contributed by atoms with Crippen molar-refractivity contribution in [1.29, 1.82) is 0 Å². The Kier molecular flexibility index (Phi) is 2.65. The number of carbonyl (C=O) groups excluding carboxylic acids is 1. The second-order valence-electron chi connectivity index (χ2n) is 2.00. The Morgan fingerprint density at radius 1 is 1.91 bits per heavy atom. The highest BCUT2D eigenvalue weighted by Gasteiger charge is 2.14. The molecule has 1 aliphatic rings. The van der Waals surface area contributed by atoms with Gasteiger partial charge in [-0.05, 0) is 13.0 Å². The van der Waals surface area contributed by atoms with Crippen molar-refractivity contribution in [2.24, 2.45) is 4.99 Å². The SMILES string of the molecule is CCOC(=O)C1=CCC(Cl)=N1. The first-order valence-electron chi connectivity index (χ1n) is 3.34. The first-order valence-corrected chi connectivity index (χ1v) is 3.72. The fourth-order valence-corrected chi connectivity index (χ4v) is 0.905. The lowest BCUT2D eigenvalue weighted by Crippen LogP contribution is -2.04. The third kappa shape index (κ3) is 2.05. The van der Waals surface area contributed by atoms with Gasteiger partial charge in [0.15, 0.2) is 0 Å². The maximum Gasteiger partial charge on any atom is 0.356 e. The third-order valence-corrected chi connectivity index (χ3v) is 1.43. The molecule has 1 aliphatic heterocycles. The fraction of sp³-hybridized carbons (Fsp3) is 0.429. The van der Waals surface area contributed by atoms with Crippen molar-refractivity contribution in [2.75, 3.05) is 6.61 Å². The van der Waals surface area contributed by atoms with Crippen molar-refractivity contribution in [3.63, 3.8) is 0 Å². The molecule has 0 aromatic heterocycles. The van der Waals surface area contributed by atoms with Gasteiger partial charge in [-0.25, -0.2) is 9.79 Å². The van der Waals surface area contributed by atoms with Gasteiger partial charge in [0, 0.05) is 6.42 Å². The Hall–Kier alpha value is -0.830. The first kappa shape index (κ1) is 8.27. The number of nitrogens with zero attached hydrogens (tertiary/aromatic N) is 1. The zero-order chi connectivity index (χ0) is 8.27. The molecular formula is C7H8ClNO2. The van der Waals surface area contributed by atoms with Crippen LogP contribution in [-0.4, -0.2) is 17.7 Å². The minimum atomic E-state index is -0.400.